The predicted molar refractivity (Wildman–Crippen MR) is 112 cm³/mol. The van der Waals surface area contributed by atoms with Crippen molar-refractivity contribution in [1.29, 1.82) is 0 Å². The van der Waals surface area contributed by atoms with Crippen molar-refractivity contribution in [2.24, 2.45) is 0 Å². The molecule has 1 atom stereocenters. The van der Waals surface area contributed by atoms with Gasteiger partial charge in [-0.15, -0.1) is 0 Å². The van der Waals surface area contributed by atoms with Crippen LogP contribution in [0.1, 0.15) is 25.7 Å². The second-order valence-electron chi connectivity index (χ2n) is 7.32. The SMILES string of the molecule is COc1ccc(NC(=S)N(CC2CCCO2)C2CCN(C)CC2)c(OC)c1. The number of methoxy groups -OCH3 is 2. The van der Waals surface area contributed by atoms with Crippen LogP contribution in [0.25, 0.3) is 0 Å². The van der Waals surface area contributed by atoms with Gasteiger partial charge >= 0.3 is 0 Å². The highest BCUT2D eigenvalue weighted by molar-refractivity contribution is 7.80. The van der Waals surface area contributed by atoms with Crippen molar-refractivity contribution in [1.82, 2.24) is 9.80 Å². The van der Waals surface area contributed by atoms with Crippen LogP contribution in [0.4, 0.5) is 5.69 Å². The van der Waals surface area contributed by atoms with E-state index >= 15 is 0 Å². The summed E-state index contributed by atoms with van der Waals surface area (Å²) in [7, 11) is 5.49. The summed E-state index contributed by atoms with van der Waals surface area (Å²) < 4.78 is 16.7. The van der Waals surface area contributed by atoms with Gasteiger partial charge in [0.1, 0.15) is 11.5 Å². The van der Waals surface area contributed by atoms with Gasteiger partial charge in [-0.05, 0) is 70.2 Å². The minimum absolute atomic E-state index is 0.266. The molecule has 0 saturated carbocycles. The van der Waals surface area contributed by atoms with Gasteiger partial charge in [-0.25, -0.2) is 0 Å². The van der Waals surface area contributed by atoms with Gasteiger partial charge in [-0.2, -0.15) is 0 Å². The smallest absolute Gasteiger partial charge is 0.173 e. The minimum Gasteiger partial charge on any atom is -0.497 e. The third-order valence-corrected chi connectivity index (χ3v) is 5.80. The molecular weight excluding hydrogens is 362 g/mol. The average Bonchev–Trinajstić information content (AvgIpc) is 3.20. The fourth-order valence-electron chi connectivity index (χ4n) is 3.80. The van der Waals surface area contributed by atoms with E-state index in [9.17, 15) is 0 Å². The molecule has 3 rings (SSSR count). The molecule has 0 radical (unpaired) electrons. The van der Waals surface area contributed by atoms with E-state index in [1.165, 1.54) is 0 Å². The summed E-state index contributed by atoms with van der Waals surface area (Å²) in [5.74, 6) is 1.48. The van der Waals surface area contributed by atoms with E-state index in [0.717, 1.165) is 74.2 Å². The maximum atomic E-state index is 5.89. The molecule has 6 nitrogen and oxygen atoms in total. The number of nitrogens with one attached hydrogen (secondary N) is 1. The fraction of sp³-hybridized carbons (Fsp3) is 0.650. The van der Waals surface area contributed by atoms with Crippen LogP contribution in [0, 0.1) is 0 Å². The van der Waals surface area contributed by atoms with Gasteiger partial charge in [0.2, 0.25) is 0 Å². The van der Waals surface area contributed by atoms with Gasteiger partial charge in [0, 0.05) is 25.3 Å². The van der Waals surface area contributed by atoms with Crippen molar-refractivity contribution >= 4 is 23.0 Å². The summed E-state index contributed by atoms with van der Waals surface area (Å²) >= 11 is 5.83. The molecule has 1 aromatic rings. The van der Waals surface area contributed by atoms with E-state index in [1.807, 2.05) is 18.2 Å². The Bertz CT molecular complexity index is 629. The average molecular weight is 394 g/mol. The summed E-state index contributed by atoms with van der Waals surface area (Å²) in [5.41, 5.74) is 0.855. The number of benzene rings is 1. The van der Waals surface area contributed by atoms with Gasteiger partial charge in [0.15, 0.2) is 5.11 Å². The molecule has 1 aromatic carbocycles. The molecule has 0 bridgehead atoms. The van der Waals surface area contributed by atoms with E-state index < -0.39 is 0 Å². The number of ether oxygens (including phenoxy) is 3. The van der Waals surface area contributed by atoms with Gasteiger partial charge in [-0.3, -0.25) is 0 Å². The second kappa shape index (κ2) is 9.57. The van der Waals surface area contributed by atoms with Crippen molar-refractivity contribution in [2.45, 2.75) is 37.8 Å². The quantitative estimate of drug-likeness (QED) is 0.746. The molecular formula is C20H31N3O3S. The first-order chi connectivity index (χ1) is 13.1. The highest BCUT2D eigenvalue weighted by atomic mass is 32.1. The zero-order valence-electron chi connectivity index (χ0n) is 16.6. The molecule has 7 heteroatoms. The Morgan fingerprint density at radius 1 is 1.26 bits per heavy atom. The van der Waals surface area contributed by atoms with Crippen molar-refractivity contribution in [2.75, 3.05) is 52.8 Å². The van der Waals surface area contributed by atoms with Crippen LogP contribution in [0.3, 0.4) is 0 Å². The molecule has 0 amide bonds. The molecule has 150 valence electrons. The first-order valence-corrected chi connectivity index (χ1v) is 10.1. The van der Waals surface area contributed by atoms with E-state index in [4.69, 9.17) is 26.4 Å². The van der Waals surface area contributed by atoms with Crippen molar-refractivity contribution in [3.63, 3.8) is 0 Å². The van der Waals surface area contributed by atoms with Crippen molar-refractivity contribution < 1.29 is 14.2 Å². The van der Waals surface area contributed by atoms with E-state index in [2.05, 4.69) is 22.2 Å². The lowest BCUT2D eigenvalue weighted by Crippen LogP contribution is -2.50. The number of thiocarbonyl (C=S) groups is 1. The molecule has 2 aliphatic rings. The molecule has 27 heavy (non-hydrogen) atoms. The molecule has 2 aliphatic heterocycles. The normalized spacial score (nSPS) is 21.1. The maximum Gasteiger partial charge on any atom is 0.173 e. The number of hydrogen-bond donors (Lipinski definition) is 1. The minimum atomic E-state index is 0.266. The molecule has 0 aliphatic carbocycles. The van der Waals surface area contributed by atoms with Gasteiger partial charge in [-0.1, -0.05) is 0 Å². The Morgan fingerprint density at radius 2 is 2.04 bits per heavy atom. The Morgan fingerprint density at radius 3 is 2.67 bits per heavy atom. The Labute approximate surface area is 167 Å². The number of anilines is 1. The van der Waals surface area contributed by atoms with Crippen LogP contribution in [0.5, 0.6) is 11.5 Å². The molecule has 1 N–H and O–H groups in total. The second-order valence-corrected chi connectivity index (χ2v) is 7.70. The summed E-state index contributed by atoms with van der Waals surface area (Å²) in [4.78, 5) is 4.71. The van der Waals surface area contributed by atoms with Crippen LogP contribution in [0.2, 0.25) is 0 Å². The summed E-state index contributed by atoms with van der Waals surface area (Å²) in [6.45, 7) is 3.90. The largest absolute Gasteiger partial charge is 0.497 e. The summed E-state index contributed by atoms with van der Waals surface area (Å²) in [6, 6.07) is 6.16. The van der Waals surface area contributed by atoms with Crippen LogP contribution in [-0.4, -0.2) is 74.6 Å². The first kappa shape index (κ1) is 20.2. The van der Waals surface area contributed by atoms with Crippen molar-refractivity contribution in [3.8, 4) is 11.5 Å². The number of hydrogen-bond acceptors (Lipinski definition) is 5. The van der Waals surface area contributed by atoms with E-state index in [0.29, 0.717) is 6.04 Å². The fourth-order valence-corrected chi connectivity index (χ4v) is 4.13. The topological polar surface area (TPSA) is 46.2 Å². The molecule has 1 unspecified atom stereocenters. The molecule has 0 aromatic heterocycles. The van der Waals surface area contributed by atoms with Crippen molar-refractivity contribution in [3.05, 3.63) is 18.2 Å². The third-order valence-electron chi connectivity index (χ3n) is 5.46. The first-order valence-electron chi connectivity index (χ1n) is 9.70. The molecule has 2 heterocycles. The van der Waals surface area contributed by atoms with E-state index in [-0.39, 0.29) is 6.10 Å². The lowest BCUT2D eigenvalue weighted by molar-refractivity contribution is 0.0724. The number of piperidine rings is 1. The zero-order valence-corrected chi connectivity index (χ0v) is 17.4. The number of nitrogens with zero attached hydrogens (tertiary/aromatic N) is 2. The highest BCUT2D eigenvalue weighted by Gasteiger charge is 2.29. The molecule has 2 saturated heterocycles. The van der Waals surface area contributed by atoms with Crippen LogP contribution >= 0.6 is 12.2 Å². The lowest BCUT2D eigenvalue weighted by Gasteiger charge is -2.40. The summed E-state index contributed by atoms with van der Waals surface area (Å²) in [6.07, 6.45) is 4.74. The highest BCUT2D eigenvalue weighted by Crippen LogP contribution is 2.30. The lowest BCUT2D eigenvalue weighted by atomic mass is 10.0. The Hall–Kier alpha value is -1.57. The van der Waals surface area contributed by atoms with Gasteiger partial charge < -0.3 is 29.3 Å². The maximum absolute atomic E-state index is 5.89. The van der Waals surface area contributed by atoms with Crippen LogP contribution < -0.4 is 14.8 Å². The standard InChI is InChI=1S/C20H31N3O3S/c1-22-10-8-15(9-11-22)23(14-17-5-4-12-26-17)20(27)21-18-7-6-16(24-2)13-19(18)25-3/h6-7,13,15,17H,4-5,8-12,14H2,1-3H3,(H,21,27). The van der Waals surface area contributed by atoms with E-state index in [1.54, 1.807) is 14.2 Å². The Balaban J connectivity index is 1.73. The Kier molecular flexibility index (Phi) is 7.15. The third kappa shape index (κ3) is 5.24. The zero-order chi connectivity index (χ0) is 19.2. The van der Waals surface area contributed by atoms with Crippen LogP contribution in [-0.2, 0) is 4.74 Å². The summed E-state index contributed by atoms with van der Waals surface area (Å²) in [5, 5.41) is 4.14. The number of likely N-dealkylation sites (tertiary alicyclic amines) is 1. The molecule has 0 spiro atoms. The van der Waals surface area contributed by atoms with Gasteiger partial charge in [0.25, 0.3) is 0 Å². The predicted octanol–water partition coefficient (Wildman–Crippen LogP) is 2.98. The number of rotatable bonds is 6. The molecule has 2 fully saturated rings. The monoisotopic (exact) mass is 393 g/mol. The van der Waals surface area contributed by atoms with Crippen LogP contribution in [0.15, 0.2) is 18.2 Å². The van der Waals surface area contributed by atoms with Gasteiger partial charge in [0.05, 0.1) is 26.0 Å².